The lowest BCUT2D eigenvalue weighted by atomic mass is 10.5. The standard InChI is InChI=1S/C12H16N4O2S/c1-5-7-15(9(3)17)11-13-14-12(19-11)16(8-6-2)10(4)18/h5-6H,1-2,7-8H2,3-4H3. The minimum Gasteiger partial charge on any atom is -0.283 e. The smallest absolute Gasteiger partial charge is 0.225 e. The van der Waals surface area contributed by atoms with Gasteiger partial charge in [0.2, 0.25) is 22.1 Å². The van der Waals surface area contributed by atoms with E-state index in [1.54, 1.807) is 12.2 Å². The third kappa shape index (κ3) is 3.72. The van der Waals surface area contributed by atoms with Gasteiger partial charge >= 0.3 is 0 Å². The van der Waals surface area contributed by atoms with Gasteiger partial charge in [0.05, 0.1) is 0 Å². The van der Waals surface area contributed by atoms with Crippen LogP contribution in [0.15, 0.2) is 25.3 Å². The van der Waals surface area contributed by atoms with Crippen LogP contribution in [0.2, 0.25) is 0 Å². The van der Waals surface area contributed by atoms with Gasteiger partial charge in [-0.15, -0.1) is 23.4 Å². The van der Waals surface area contributed by atoms with E-state index in [1.807, 2.05) is 0 Å². The van der Waals surface area contributed by atoms with Crippen LogP contribution in [0.1, 0.15) is 13.8 Å². The van der Waals surface area contributed by atoms with Crippen LogP contribution in [0.25, 0.3) is 0 Å². The highest BCUT2D eigenvalue weighted by Crippen LogP contribution is 2.27. The Labute approximate surface area is 116 Å². The largest absolute Gasteiger partial charge is 0.283 e. The van der Waals surface area contributed by atoms with E-state index in [9.17, 15) is 9.59 Å². The summed E-state index contributed by atoms with van der Waals surface area (Å²) in [5.74, 6) is -0.304. The summed E-state index contributed by atoms with van der Waals surface area (Å²) in [5, 5.41) is 8.76. The molecule has 0 atom stereocenters. The quantitative estimate of drug-likeness (QED) is 0.743. The minimum absolute atomic E-state index is 0.152. The van der Waals surface area contributed by atoms with Crippen molar-refractivity contribution in [3.63, 3.8) is 0 Å². The van der Waals surface area contributed by atoms with Crippen molar-refractivity contribution in [1.29, 1.82) is 0 Å². The summed E-state index contributed by atoms with van der Waals surface area (Å²) in [5.41, 5.74) is 0. The fourth-order valence-corrected chi connectivity index (χ4v) is 2.32. The number of nitrogens with zero attached hydrogens (tertiary/aromatic N) is 4. The van der Waals surface area contributed by atoms with Gasteiger partial charge in [0.15, 0.2) is 0 Å². The summed E-state index contributed by atoms with van der Waals surface area (Å²) >= 11 is 1.18. The lowest BCUT2D eigenvalue weighted by Crippen LogP contribution is -2.28. The zero-order chi connectivity index (χ0) is 14.4. The topological polar surface area (TPSA) is 66.4 Å². The second-order valence-electron chi connectivity index (χ2n) is 3.70. The Morgan fingerprint density at radius 1 is 1.05 bits per heavy atom. The first-order chi connectivity index (χ1) is 9.01. The molecule has 1 aromatic heterocycles. The minimum atomic E-state index is -0.152. The summed E-state index contributed by atoms with van der Waals surface area (Å²) in [6, 6.07) is 0. The lowest BCUT2D eigenvalue weighted by molar-refractivity contribution is -0.117. The van der Waals surface area contributed by atoms with E-state index in [0.717, 1.165) is 0 Å². The van der Waals surface area contributed by atoms with Crippen LogP contribution < -0.4 is 9.80 Å². The highest BCUT2D eigenvalue weighted by atomic mass is 32.1. The van der Waals surface area contributed by atoms with E-state index in [-0.39, 0.29) is 11.8 Å². The van der Waals surface area contributed by atoms with Crippen LogP contribution in [0.5, 0.6) is 0 Å². The van der Waals surface area contributed by atoms with Crippen molar-refractivity contribution >= 4 is 33.4 Å². The summed E-state index contributed by atoms with van der Waals surface area (Å²) < 4.78 is 0. The van der Waals surface area contributed by atoms with Crippen LogP contribution in [-0.2, 0) is 9.59 Å². The highest BCUT2D eigenvalue weighted by Gasteiger charge is 2.19. The number of carbonyl (C=O) groups is 2. The first kappa shape index (κ1) is 15.0. The maximum atomic E-state index is 11.5. The second-order valence-corrected chi connectivity index (χ2v) is 4.64. The predicted octanol–water partition coefficient (Wildman–Crippen LogP) is 1.62. The Hall–Kier alpha value is -2.02. The molecule has 0 aromatic carbocycles. The van der Waals surface area contributed by atoms with Gasteiger partial charge in [-0.2, -0.15) is 0 Å². The average Bonchev–Trinajstić information content (AvgIpc) is 2.81. The monoisotopic (exact) mass is 280 g/mol. The number of rotatable bonds is 6. The number of amides is 2. The van der Waals surface area contributed by atoms with Gasteiger partial charge in [0.25, 0.3) is 0 Å². The molecule has 102 valence electrons. The van der Waals surface area contributed by atoms with E-state index in [4.69, 9.17) is 0 Å². The number of anilines is 2. The van der Waals surface area contributed by atoms with Crippen molar-refractivity contribution in [3.8, 4) is 0 Å². The first-order valence-electron chi connectivity index (χ1n) is 5.62. The lowest BCUT2D eigenvalue weighted by Gasteiger charge is -2.15. The molecule has 0 bridgehead atoms. The molecule has 0 aliphatic rings. The van der Waals surface area contributed by atoms with Gasteiger partial charge in [-0.1, -0.05) is 23.5 Å². The molecular formula is C12H16N4O2S. The van der Waals surface area contributed by atoms with Crippen LogP contribution in [-0.4, -0.2) is 35.1 Å². The number of carbonyl (C=O) groups excluding carboxylic acids is 2. The third-order valence-electron chi connectivity index (χ3n) is 2.25. The van der Waals surface area contributed by atoms with Crippen molar-refractivity contribution in [2.24, 2.45) is 0 Å². The normalized spacial score (nSPS) is 9.79. The molecule has 0 aliphatic carbocycles. The van der Waals surface area contributed by atoms with E-state index < -0.39 is 0 Å². The molecule has 19 heavy (non-hydrogen) atoms. The van der Waals surface area contributed by atoms with Gasteiger partial charge in [0.1, 0.15) is 0 Å². The van der Waals surface area contributed by atoms with Crippen LogP contribution in [0, 0.1) is 0 Å². The van der Waals surface area contributed by atoms with Gasteiger partial charge < -0.3 is 0 Å². The summed E-state index contributed by atoms with van der Waals surface area (Å²) in [6.45, 7) is 10.8. The molecule has 7 heteroatoms. The number of hydrogen-bond donors (Lipinski definition) is 0. The van der Waals surface area contributed by atoms with Crippen molar-refractivity contribution in [3.05, 3.63) is 25.3 Å². The van der Waals surface area contributed by atoms with Crippen molar-refractivity contribution in [2.45, 2.75) is 13.8 Å². The molecule has 0 aliphatic heterocycles. The molecule has 1 rings (SSSR count). The van der Waals surface area contributed by atoms with Gasteiger partial charge in [-0.3, -0.25) is 19.4 Å². The maximum absolute atomic E-state index is 11.5. The maximum Gasteiger partial charge on any atom is 0.225 e. The van der Waals surface area contributed by atoms with E-state index >= 15 is 0 Å². The van der Waals surface area contributed by atoms with Crippen LogP contribution >= 0.6 is 11.3 Å². The Balaban J connectivity index is 3.02. The van der Waals surface area contributed by atoms with E-state index in [1.165, 1.54) is 35.0 Å². The fraction of sp³-hybridized carbons (Fsp3) is 0.333. The molecule has 2 amide bonds. The number of aromatic nitrogens is 2. The van der Waals surface area contributed by atoms with Crippen LogP contribution in [0.4, 0.5) is 10.3 Å². The van der Waals surface area contributed by atoms with Crippen LogP contribution in [0.3, 0.4) is 0 Å². The predicted molar refractivity (Wildman–Crippen MR) is 76.4 cm³/mol. The van der Waals surface area contributed by atoms with E-state index in [2.05, 4.69) is 23.4 Å². The SMILES string of the molecule is C=CCN(C(C)=O)c1nnc(N(CC=C)C(C)=O)s1. The molecule has 0 saturated heterocycles. The Morgan fingerprint density at radius 3 is 1.68 bits per heavy atom. The molecule has 1 aromatic rings. The Bertz CT molecular complexity index is 455. The molecule has 0 unspecified atom stereocenters. The molecule has 0 radical (unpaired) electrons. The third-order valence-corrected chi connectivity index (χ3v) is 3.22. The van der Waals surface area contributed by atoms with Crippen molar-refractivity contribution < 1.29 is 9.59 Å². The summed E-state index contributed by atoms with van der Waals surface area (Å²) in [6.07, 6.45) is 3.21. The van der Waals surface area contributed by atoms with Crippen molar-refractivity contribution in [2.75, 3.05) is 22.9 Å². The molecule has 0 N–H and O–H groups in total. The summed E-state index contributed by atoms with van der Waals surface area (Å²) in [7, 11) is 0. The average molecular weight is 280 g/mol. The Morgan fingerprint density at radius 2 is 1.42 bits per heavy atom. The molecule has 0 fully saturated rings. The Kier molecular flexibility index (Phi) is 5.37. The zero-order valence-corrected chi connectivity index (χ0v) is 11.8. The first-order valence-corrected chi connectivity index (χ1v) is 6.44. The fourth-order valence-electron chi connectivity index (χ4n) is 1.37. The van der Waals surface area contributed by atoms with Gasteiger partial charge in [-0.25, -0.2) is 0 Å². The zero-order valence-electron chi connectivity index (χ0n) is 11.0. The van der Waals surface area contributed by atoms with Crippen molar-refractivity contribution in [1.82, 2.24) is 10.2 Å². The second kappa shape index (κ2) is 6.79. The molecular weight excluding hydrogens is 264 g/mol. The van der Waals surface area contributed by atoms with E-state index in [0.29, 0.717) is 23.4 Å². The molecule has 1 heterocycles. The van der Waals surface area contributed by atoms with Gasteiger partial charge in [0, 0.05) is 26.9 Å². The summed E-state index contributed by atoms with van der Waals surface area (Å²) in [4.78, 5) is 25.9. The number of hydrogen-bond acceptors (Lipinski definition) is 5. The van der Waals surface area contributed by atoms with Gasteiger partial charge in [-0.05, 0) is 0 Å². The molecule has 6 nitrogen and oxygen atoms in total. The molecule has 0 saturated carbocycles. The molecule has 0 spiro atoms. The highest BCUT2D eigenvalue weighted by molar-refractivity contribution is 7.19.